The average molecular weight is 294 g/mol. The Kier molecular flexibility index (Phi) is 5.69. The summed E-state index contributed by atoms with van der Waals surface area (Å²) < 4.78 is 0. The summed E-state index contributed by atoms with van der Waals surface area (Å²) in [5.74, 6) is 0.0616. The summed E-state index contributed by atoms with van der Waals surface area (Å²) in [7, 11) is 0. The lowest BCUT2D eigenvalue weighted by Gasteiger charge is -2.22. The molecule has 3 heteroatoms. The molecule has 20 heavy (non-hydrogen) atoms. The van der Waals surface area contributed by atoms with E-state index in [1.165, 1.54) is 34.0 Å². The SMILES string of the molecule is CCC(SCc1c(C)cc(C(C)(C)C)cc1C)C(=O)O. The zero-order valence-electron chi connectivity index (χ0n) is 13.4. The lowest BCUT2D eigenvalue weighted by molar-refractivity contribution is -0.136. The van der Waals surface area contributed by atoms with Crippen molar-refractivity contribution in [3.05, 3.63) is 34.4 Å². The number of carboxylic acids is 1. The molecule has 1 rings (SSSR count). The minimum absolute atomic E-state index is 0.147. The van der Waals surface area contributed by atoms with Gasteiger partial charge in [0.1, 0.15) is 5.25 Å². The van der Waals surface area contributed by atoms with E-state index in [9.17, 15) is 4.79 Å². The van der Waals surface area contributed by atoms with Crippen LogP contribution in [0.4, 0.5) is 0 Å². The van der Waals surface area contributed by atoms with Gasteiger partial charge in [-0.2, -0.15) is 0 Å². The lowest BCUT2D eigenvalue weighted by atomic mass is 9.84. The quantitative estimate of drug-likeness (QED) is 0.855. The fourth-order valence-corrected chi connectivity index (χ4v) is 3.40. The molecule has 2 nitrogen and oxygen atoms in total. The van der Waals surface area contributed by atoms with Gasteiger partial charge in [0.2, 0.25) is 0 Å². The zero-order valence-corrected chi connectivity index (χ0v) is 14.2. The van der Waals surface area contributed by atoms with Gasteiger partial charge in [-0.25, -0.2) is 0 Å². The first kappa shape index (κ1) is 17.1. The summed E-state index contributed by atoms with van der Waals surface area (Å²) >= 11 is 1.52. The molecule has 1 aromatic carbocycles. The maximum absolute atomic E-state index is 11.1. The van der Waals surface area contributed by atoms with Crippen LogP contribution in [0, 0.1) is 13.8 Å². The summed E-state index contributed by atoms with van der Waals surface area (Å²) in [5, 5.41) is 8.81. The number of carbonyl (C=O) groups is 1. The number of benzene rings is 1. The van der Waals surface area contributed by atoms with Gasteiger partial charge in [-0.1, -0.05) is 39.8 Å². The molecule has 1 unspecified atom stereocenters. The first-order valence-corrected chi connectivity index (χ1v) is 8.16. The van der Waals surface area contributed by atoms with Crippen molar-refractivity contribution in [2.24, 2.45) is 0 Å². The maximum atomic E-state index is 11.1. The van der Waals surface area contributed by atoms with Crippen LogP contribution in [0.1, 0.15) is 56.4 Å². The molecule has 112 valence electrons. The molecule has 0 fully saturated rings. The molecule has 0 aromatic heterocycles. The molecule has 0 heterocycles. The van der Waals surface area contributed by atoms with Crippen molar-refractivity contribution < 1.29 is 9.90 Å². The van der Waals surface area contributed by atoms with E-state index in [0.717, 1.165) is 5.75 Å². The van der Waals surface area contributed by atoms with Gasteiger partial charge in [-0.3, -0.25) is 4.79 Å². The van der Waals surface area contributed by atoms with Gasteiger partial charge in [0.15, 0.2) is 0 Å². The molecule has 0 bridgehead atoms. The second-order valence-electron chi connectivity index (χ2n) is 6.38. The van der Waals surface area contributed by atoms with Crippen LogP contribution in [-0.2, 0) is 16.0 Å². The Balaban J connectivity index is 2.95. The Morgan fingerprint density at radius 1 is 1.25 bits per heavy atom. The van der Waals surface area contributed by atoms with Gasteiger partial charge in [0.05, 0.1) is 0 Å². The number of rotatable bonds is 5. The maximum Gasteiger partial charge on any atom is 0.316 e. The highest BCUT2D eigenvalue weighted by Gasteiger charge is 2.19. The molecule has 1 aromatic rings. The molecule has 1 N–H and O–H groups in total. The first-order valence-electron chi connectivity index (χ1n) is 7.11. The summed E-state index contributed by atoms with van der Waals surface area (Å²) in [6, 6.07) is 4.48. The van der Waals surface area contributed by atoms with E-state index < -0.39 is 5.97 Å². The van der Waals surface area contributed by atoms with Gasteiger partial charge >= 0.3 is 5.97 Å². The molecule has 0 aliphatic carbocycles. The van der Waals surface area contributed by atoms with Gasteiger partial charge in [-0.05, 0) is 47.9 Å². The third-order valence-electron chi connectivity index (χ3n) is 3.64. The largest absolute Gasteiger partial charge is 0.480 e. The second-order valence-corrected chi connectivity index (χ2v) is 7.58. The highest BCUT2D eigenvalue weighted by Crippen LogP contribution is 2.30. The molecule has 0 amide bonds. The Hall–Kier alpha value is -0.960. The smallest absolute Gasteiger partial charge is 0.316 e. The van der Waals surface area contributed by atoms with Crippen molar-refractivity contribution >= 4 is 17.7 Å². The van der Waals surface area contributed by atoms with Crippen molar-refractivity contribution in [3.8, 4) is 0 Å². The lowest BCUT2D eigenvalue weighted by Crippen LogP contribution is -2.16. The number of hydrogen-bond donors (Lipinski definition) is 1. The summed E-state index contributed by atoms with van der Waals surface area (Å²) in [6.45, 7) is 12.8. The number of hydrogen-bond acceptors (Lipinski definition) is 2. The molecule has 1 atom stereocenters. The monoisotopic (exact) mass is 294 g/mol. The highest BCUT2D eigenvalue weighted by atomic mass is 32.2. The normalized spacial score (nSPS) is 13.3. The van der Waals surface area contributed by atoms with Crippen molar-refractivity contribution in [2.45, 2.75) is 64.4 Å². The average Bonchev–Trinajstić information content (AvgIpc) is 2.30. The molecular weight excluding hydrogens is 268 g/mol. The van der Waals surface area contributed by atoms with E-state index in [0.29, 0.717) is 6.42 Å². The van der Waals surface area contributed by atoms with Gasteiger partial charge in [0, 0.05) is 5.75 Å². The summed E-state index contributed by atoms with van der Waals surface area (Å²) in [4.78, 5) is 11.1. The fraction of sp³-hybridized carbons (Fsp3) is 0.588. The topological polar surface area (TPSA) is 37.3 Å². The van der Waals surface area contributed by atoms with Gasteiger partial charge < -0.3 is 5.11 Å². The van der Waals surface area contributed by atoms with Crippen LogP contribution in [0.25, 0.3) is 0 Å². The Labute approximate surface area is 127 Å². The third kappa shape index (κ3) is 4.27. The number of carboxylic acid groups (broad SMARTS) is 1. The van der Waals surface area contributed by atoms with Crippen molar-refractivity contribution in [2.75, 3.05) is 0 Å². The summed E-state index contributed by atoms with van der Waals surface area (Å²) in [5.41, 5.74) is 5.30. The highest BCUT2D eigenvalue weighted by molar-refractivity contribution is 7.99. The van der Waals surface area contributed by atoms with Crippen LogP contribution in [0.5, 0.6) is 0 Å². The molecule has 0 aliphatic heterocycles. The van der Waals surface area contributed by atoms with E-state index in [-0.39, 0.29) is 10.7 Å². The first-order chi connectivity index (χ1) is 9.16. The van der Waals surface area contributed by atoms with Crippen molar-refractivity contribution in [1.82, 2.24) is 0 Å². The van der Waals surface area contributed by atoms with Gasteiger partial charge in [-0.15, -0.1) is 11.8 Å². The molecule has 0 saturated heterocycles. The Morgan fingerprint density at radius 3 is 2.10 bits per heavy atom. The Morgan fingerprint density at radius 2 is 1.75 bits per heavy atom. The van der Waals surface area contributed by atoms with Crippen molar-refractivity contribution in [3.63, 3.8) is 0 Å². The zero-order chi connectivity index (χ0) is 15.5. The standard InChI is InChI=1S/C17H26O2S/c1-7-15(16(18)19)20-10-14-11(2)8-13(9-12(14)3)17(4,5)6/h8-9,15H,7,10H2,1-6H3,(H,18,19). The van der Waals surface area contributed by atoms with Crippen LogP contribution in [0.15, 0.2) is 12.1 Å². The van der Waals surface area contributed by atoms with Crippen LogP contribution in [-0.4, -0.2) is 16.3 Å². The number of aryl methyl sites for hydroxylation is 2. The third-order valence-corrected chi connectivity index (χ3v) is 5.03. The van der Waals surface area contributed by atoms with Crippen LogP contribution in [0.2, 0.25) is 0 Å². The number of aliphatic carboxylic acids is 1. The predicted octanol–water partition coefficient (Wildman–Crippen LogP) is 4.70. The van der Waals surface area contributed by atoms with Crippen LogP contribution >= 0.6 is 11.8 Å². The van der Waals surface area contributed by atoms with Crippen molar-refractivity contribution in [1.29, 1.82) is 0 Å². The Bertz CT molecular complexity index is 463. The van der Waals surface area contributed by atoms with Gasteiger partial charge in [0.25, 0.3) is 0 Å². The minimum atomic E-state index is -0.709. The van der Waals surface area contributed by atoms with E-state index in [1.807, 2.05) is 6.92 Å². The fourth-order valence-electron chi connectivity index (χ4n) is 2.20. The molecule has 0 saturated carbocycles. The molecular formula is C17H26O2S. The predicted molar refractivity (Wildman–Crippen MR) is 87.6 cm³/mol. The van der Waals surface area contributed by atoms with Crippen LogP contribution in [0.3, 0.4) is 0 Å². The van der Waals surface area contributed by atoms with E-state index in [2.05, 4.69) is 46.8 Å². The molecule has 0 radical (unpaired) electrons. The van der Waals surface area contributed by atoms with E-state index in [1.54, 1.807) is 0 Å². The van der Waals surface area contributed by atoms with Crippen LogP contribution < -0.4 is 0 Å². The molecule has 0 spiro atoms. The summed E-state index contributed by atoms with van der Waals surface area (Å²) in [6.07, 6.45) is 0.665. The minimum Gasteiger partial charge on any atom is -0.480 e. The molecule has 0 aliphatic rings. The second kappa shape index (κ2) is 6.66. The number of thioether (sulfide) groups is 1. The van der Waals surface area contributed by atoms with E-state index in [4.69, 9.17) is 5.11 Å². The van der Waals surface area contributed by atoms with E-state index >= 15 is 0 Å².